The van der Waals surface area contributed by atoms with Gasteiger partial charge in [0.1, 0.15) is 12.4 Å². The van der Waals surface area contributed by atoms with Crippen molar-refractivity contribution >= 4 is 35.0 Å². The Morgan fingerprint density at radius 3 is 2.62 bits per heavy atom. The topological polar surface area (TPSA) is 80.1 Å². The van der Waals surface area contributed by atoms with Crippen molar-refractivity contribution < 1.29 is 9.59 Å². The second-order valence-corrected chi connectivity index (χ2v) is 9.01. The summed E-state index contributed by atoms with van der Waals surface area (Å²) in [5.41, 5.74) is 4.56. The standard InChI is InChI=1S/C26H23N5O2S/c1-18-8-7-11-20(14-18)31-23(15-19-9-3-2-4-10-19)28-29-26(31)34-17-25(33)30-16-24(32)27-21-12-5-6-13-22(21)30/h2-14H,15-17H2,1H3,(H,27,32). The summed E-state index contributed by atoms with van der Waals surface area (Å²) >= 11 is 1.32. The van der Waals surface area contributed by atoms with Gasteiger partial charge in [0.15, 0.2) is 5.16 Å². The Kier molecular flexibility index (Phi) is 6.14. The number of fused-ring (bicyclic) bond motifs is 1. The molecule has 170 valence electrons. The molecular weight excluding hydrogens is 446 g/mol. The Morgan fingerprint density at radius 2 is 1.79 bits per heavy atom. The molecule has 34 heavy (non-hydrogen) atoms. The van der Waals surface area contributed by atoms with Gasteiger partial charge in [-0.25, -0.2) is 0 Å². The van der Waals surface area contributed by atoms with E-state index >= 15 is 0 Å². The molecule has 0 aliphatic carbocycles. The van der Waals surface area contributed by atoms with Crippen LogP contribution in [-0.4, -0.2) is 38.9 Å². The first-order chi connectivity index (χ1) is 16.6. The summed E-state index contributed by atoms with van der Waals surface area (Å²) in [6, 6.07) is 25.6. The number of aryl methyl sites for hydroxylation is 1. The Morgan fingerprint density at radius 1 is 1.00 bits per heavy atom. The van der Waals surface area contributed by atoms with E-state index in [9.17, 15) is 9.59 Å². The minimum atomic E-state index is -0.204. The first-order valence-corrected chi connectivity index (χ1v) is 11.9. The normalized spacial score (nSPS) is 12.9. The molecule has 1 aliphatic heterocycles. The second kappa shape index (κ2) is 9.52. The number of thioether (sulfide) groups is 1. The third-order valence-electron chi connectivity index (χ3n) is 5.56. The lowest BCUT2D eigenvalue weighted by molar-refractivity contribution is -0.120. The molecule has 0 bridgehead atoms. The van der Waals surface area contributed by atoms with Crippen LogP contribution in [0.3, 0.4) is 0 Å². The molecule has 2 amide bonds. The summed E-state index contributed by atoms with van der Waals surface area (Å²) < 4.78 is 2.01. The molecular formula is C26H23N5O2S. The fraction of sp³-hybridized carbons (Fsp3) is 0.154. The third kappa shape index (κ3) is 4.58. The largest absolute Gasteiger partial charge is 0.323 e. The van der Waals surface area contributed by atoms with E-state index in [4.69, 9.17) is 0 Å². The molecule has 3 aromatic carbocycles. The van der Waals surface area contributed by atoms with Crippen LogP contribution in [0.5, 0.6) is 0 Å². The van der Waals surface area contributed by atoms with E-state index in [1.807, 2.05) is 66.1 Å². The van der Waals surface area contributed by atoms with Gasteiger partial charge in [-0.1, -0.05) is 66.4 Å². The number of rotatable bonds is 6. The molecule has 2 heterocycles. The van der Waals surface area contributed by atoms with Crippen molar-refractivity contribution in [1.82, 2.24) is 14.8 Å². The molecule has 8 heteroatoms. The number of nitrogens with one attached hydrogen (secondary N) is 1. The van der Waals surface area contributed by atoms with Crippen LogP contribution in [-0.2, 0) is 16.0 Å². The smallest absolute Gasteiger partial charge is 0.244 e. The molecule has 0 saturated carbocycles. The van der Waals surface area contributed by atoms with Crippen LogP contribution in [0.1, 0.15) is 17.0 Å². The summed E-state index contributed by atoms with van der Waals surface area (Å²) in [7, 11) is 0. The number of hydrogen-bond acceptors (Lipinski definition) is 5. The van der Waals surface area contributed by atoms with Gasteiger partial charge in [0.05, 0.1) is 17.1 Å². The van der Waals surface area contributed by atoms with Gasteiger partial charge in [-0.2, -0.15) is 0 Å². The molecule has 1 aromatic heterocycles. The van der Waals surface area contributed by atoms with Gasteiger partial charge in [-0.3, -0.25) is 14.2 Å². The van der Waals surface area contributed by atoms with Gasteiger partial charge in [0, 0.05) is 12.1 Å². The number of anilines is 2. The number of hydrogen-bond donors (Lipinski definition) is 1. The Bertz CT molecular complexity index is 1350. The molecule has 0 unspecified atom stereocenters. The highest BCUT2D eigenvalue weighted by molar-refractivity contribution is 7.99. The minimum Gasteiger partial charge on any atom is -0.323 e. The van der Waals surface area contributed by atoms with Crippen LogP contribution in [0.15, 0.2) is 84.0 Å². The number of nitrogens with zero attached hydrogens (tertiary/aromatic N) is 4. The summed E-state index contributed by atoms with van der Waals surface area (Å²) in [6.07, 6.45) is 0.621. The SMILES string of the molecule is Cc1cccc(-n2c(Cc3ccccc3)nnc2SCC(=O)N2CC(=O)Nc3ccccc32)c1. The van der Waals surface area contributed by atoms with Gasteiger partial charge in [0.25, 0.3) is 0 Å². The Hall–Kier alpha value is -3.91. The Labute approximate surface area is 201 Å². The fourth-order valence-corrected chi connectivity index (χ4v) is 4.82. The van der Waals surface area contributed by atoms with E-state index in [0.29, 0.717) is 23.0 Å². The summed E-state index contributed by atoms with van der Waals surface area (Å²) in [6.45, 7) is 2.04. The molecule has 0 spiro atoms. The maximum Gasteiger partial charge on any atom is 0.244 e. The van der Waals surface area contributed by atoms with Crippen LogP contribution >= 0.6 is 11.8 Å². The zero-order valence-corrected chi connectivity index (χ0v) is 19.5. The lowest BCUT2D eigenvalue weighted by atomic mass is 10.1. The highest BCUT2D eigenvalue weighted by atomic mass is 32.2. The number of amides is 2. The first kappa shape index (κ1) is 21.9. The monoisotopic (exact) mass is 469 g/mol. The average Bonchev–Trinajstić information content (AvgIpc) is 3.24. The zero-order chi connectivity index (χ0) is 23.5. The van der Waals surface area contributed by atoms with Crippen molar-refractivity contribution in [3.05, 3.63) is 95.8 Å². The van der Waals surface area contributed by atoms with Gasteiger partial charge < -0.3 is 10.2 Å². The highest BCUT2D eigenvalue weighted by Gasteiger charge is 2.27. The van der Waals surface area contributed by atoms with E-state index in [-0.39, 0.29) is 24.1 Å². The number of aromatic nitrogens is 3. The van der Waals surface area contributed by atoms with E-state index in [0.717, 1.165) is 22.6 Å². The lowest BCUT2D eigenvalue weighted by Gasteiger charge is -2.29. The van der Waals surface area contributed by atoms with Gasteiger partial charge in [0.2, 0.25) is 11.8 Å². The highest BCUT2D eigenvalue weighted by Crippen LogP contribution is 2.30. The van der Waals surface area contributed by atoms with E-state index in [1.165, 1.54) is 16.7 Å². The number of benzene rings is 3. The number of para-hydroxylation sites is 2. The summed E-state index contributed by atoms with van der Waals surface area (Å²) in [5, 5.41) is 12.3. The molecule has 0 atom stereocenters. The predicted molar refractivity (Wildman–Crippen MR) is 133 cm³/mol. The molecule has 7 nitrogen and oxygen atoms in total. The molecule has 1 aliphatic rings. The van der Waals surface area contributed by atoms with Crippen LogP contribution in [0.4, 0.5) is 11.4 Å². The molecule has 0 radical (unpaired) electrons. The third-order valence-corrected chi connectivity index (χ3v) is 6.48. The van der Waals surface area contributed by atoms with Crippen LogP contribution < -0.4 is 10.2 Å². The first-order valence-electron chi connectivity index (χ1n) is 11.0. The van der Waals surface area contributed by atoms with Crippen molar-refractivity contribution in [2.75, 3.05) is 22.5 Å². The zero-order valence-electron chi connectivity index (χ0n) is 18.6. The molecule has 4 aromatic rings. The maximum absolute atomic E-state index is 13.1. The van der Waals surface area contributed by atoms with Crippen molar-refractivity contribution in [1.29, 1.82) is 0 Å². The van der Waals surface area contributed by atoms with E-state index in [1.54, 1.807) is 6.07 Å². The predicted octanol–water partition coefficient (Wildman–Crippen LogP) is 4.24. The number of carbonyl (C=O) groups excluding carboxylic acids is 2. The minimum absolute atomic E-state index is 0.000232. The van der Waals surface area contributed by atoms with Crippen molar-refractivity contribution in [3.63, 3.8) is 0 Å². The molecule has 1 N–H and O–H groups in total. The Balaban J connectivity index is 1.42. The van der Waals surface area contributed by atoms with Gasteiger partial charge >= 0.3 is 0 Å². The van der Waals surface area contributed by atoms with Crippen molar-refractivity contribution in [2.45, 2.75) is 18.5 Å². The molecule has 0 fully saturated rings. The quantitative estimate of drug-likeness (QED) is 0.427. The van der Waals surface area contributed by atoms with E-state index in [2.05, 4.69) is 33.7 Å². The lowest BCUT2D eigenvalue weighted by Crippen LogP contribution is -2.43. The second-order valence-electron chi connectivity index (χ2n) is 8.07. The van der Waals surface area contributed by atoms with Crippen LogP contribution in [0.25, 0.3) is 5.69 Å². The maximum atomic E-state index is 13.1. The summed E-state index contributed by atoms with van der Waals surface area (Å²) in [5.74, 6) is 0.576. The van der Waals surface area contributed by atoms with Crippen LogP contribution in [0, 0.1) is 6.92 Å². The van der Waals surface area contributed by atoms with Crippen molar-refractivity contribution in [3.8, 4) is 5.69 Å². The molecule has 5 rings (SSSR count). The van der Waals surface area contributed by atoms with Crippen LogP contribution in [0.2, 0.25) is 0 Å². The van der Waals surface area contributed by atoms with Crippen molar-refractivity contribution in [2.24, 2.45) is 0 Å². The van der Waals surface area contributed by atoms with Gasteiger partial charge in [-0.05, 0) is 42.3 Å². The average molecular weight is 470 g/mol. The summed E-state index contributed by atoms with van der Waals surface area (Å²) in [4.78, 5) is 26.8. The number of carbonyl (C=O) groups is 2. The van der Waals surface area contributed by atoms with Gasteiger partial charge in [-0.15, -0.1) is 10.2 Å². The van der Waals surface area contributed by atoms with E-state index < -0.39 is 0 Å². The fourth-order valence-electron chi connectivity index (χ4n) is 3.97. The molecule has 0 saturated heterocycles.